The number of anilines is 1. The Balaban J connectivity index is 1.44. The lowest BCUT2D eigenvalue weighted by Gasteiger charge is -2.32. The number of thioether (sulfide) groups is 1. The summed E-state index contributed by atoms with van der Waals surface area (Å²) in [6, 6.07) is 12.5. The Morgan fingerprint density at radius 2 is 1.73 bits per heavy atom. The number of hydrogen-bond donors (Lipinski definition) is 0. The van der Waals surface area contributed by atoms with Gasteiger partial charge in [0.15, 0.2) is 0 Å². The van der Waals surface area contributed by atoms with Gasteiger partial charge in [-0.3, -0.25) is 33.9 Å². The lowest BCUT2D eigenvalue weighted by molar-refractivity contribution is -0.384. The van der Waals surface area contributed by atoms with Crippen LogP contribution >= 0.6 is 23.1 Å². The Labute approximate surface area is 242 Å². The van der Waals surface area contributed by atoms with Crippen molar-refractivity contribution in [3.8, 4) is 5.75 Å². The van der Waals surface area contributed by atoms with Crippen LogP contribution in [0.3, 0.4) is 0 Å². The Bertz CT molecular complexity index is 1610. The number of nitro benzene ring substituents is 1. The molecule has 212 valence electrons. The Hall–Kier alpha value is -3.97. The van der Waals surface area contributed by atoms with E-state index in [1.165, 1.54) is 35.9 Å². The van der Waals surface area contributed by atoms with Crippen LogP contribution in [0, 0.1) is 16.0 Å². The van der Waals surface area contributed by atoms with E-state index < -0.39 is 33.8 Å². The molecular weight excluding hydrogens is 568 g/mol. The fourth-order valence-corrected chi connectivity index (χ4v) is 8.63. The van der Waals surface area contributed by atoms with Crippen molar-refractivity contribution in [1.29, 1.82) is 0 Å². The first-order chi connectivity index (χ1) is 19.8. The summed E-state index contributed by atoms with van der Waals surface area (Å²) in [5.74, 6) is -2.09. The number of nitro groups is 1. The van der Waals surface area contributed by atoms with E-state index in [-0.39, 0.29) is 28.7 Å². The van der Waals surface area contributed by atoms with Crippen LogP contribution in [-0.2, 0) is 20.9 Å². The van der Waals surface area contributed by atoms with E-state index in [2.05, 4.69) is 0 Å². The maximum atomic E-state index is 14.0. The number of ether oxygens (including phenoxy) is 1. The maximum Gasteiger partial charge on any atom is 0.308 e. The van der Waals surface area contributed by atoms with Crippen molar-refractivity contribution in [1.82, 2.24) is 9.47 Å². The third kappa shape index (κ3) is 4.62. The molecule has 1 aromatic heterocycles. The van der Waals surface area contributed by atoms with Gasteiger partial charge in [-0.2, -0.15) is 0 Å². The van der Waals surface area contributed by atoms with Crippen molar-refractivity contribution >= 4 is 52.2 Å². The van der Waals surface area contributed by atoms with E-state index in [0.717, 1.165) is 47.3 Å². The summed E-state index contributed by atoms with van der Waals surface area (Å²) in [4.78, 5) is 68.1. The Morgan fingerprint density at radius 3 is 2.41 bits per heavy atom. The average molecular weight is 595 g/mol. The van der Waals surface area contributed by atoms with Gasteiger partial charge in [0.2, 0.25) is 17.7 Å². The summed E-state index contributed by atoms with van der Waals surface area (Å²) in [7, 11) is 1.52. The number of hydrogen-bond acceptors (Lipinski definition) is 9. The van der Waals surface area contributed by atoms with Gasteiger partial charge in [-0.15, -0.1) is 0 Å². The van der Waals surface area contributed by atoms with Gasteiger partial charge in [0.05, 0.1) is 28.7 Å². The highest BCUT2D eigenvalue weighted by molar-refractivity contribution is 8.00. The van der Waals surface area contributed by atoms with Crippen LogP contribution in [0.1, 0.15) is 35.6 Å². The zero-order valence-corrected chi connectivity index (χ0v) is 23.7. The monoisotopic (exact) mass is 594 g/mol. The molecule has 3 aliphatic heterocycles. The molecule has 41 heavy (non-hydrogen) atoms. The molecule has 2 unspecified atom stereocenters. The number of para-hydroxylation sites is 1. The zero-order valence-electron chi connectivity index (χ0n) is 22.1. The molecule has 4 heterocycles. The third-order valence-corrected chi connectivity index (χ3v) is 10.4. The quantitative estimate of drug-likeness (QED) is 0.240. The molecule has 2 aromatic carbocycles. The van der Waals surface area contributed by atoms with E-state index >= 15 is 0 Å². The lowest BCUT2D eigenvalue weighted by atomic mass is 9.82. The number of carbonyl (C=O) groups excluding carboxylic acids is 3. The maximum absolute atomic E-state index is 14.0. The summed E-state index contributed by atoms with van der Waals surface area (Å²) < 4.78 is 7.07. The number of thiazole rings is 1. The molecule has 0 aliphatic carbocycles. The second-order valence-electron chi connectivity index (χ2n) is 10.1. The average Bonchev–Trinajstić information content (AvgIpc) is 3.43. The summed E-state index contributed by atoms with van der Waals surface area (Å²) in [5.41, 5.74) is 0.741. The normalized spacial score (nSPS) is 21.9. The molecule has 0 N–H and O–H groups in total. The van der Waals surface area contributed by atoms with Crippen LogP contribution in [0.25, 0.3) is 0 Å². The standard InChI is InChI=1S/C28H26N4O7S2/c1-39-19-8-4-3-7-18(19)21-22-23(26(35)31(25(22)34)16-9-11-17(12-10-16)32(37)38)40-27-24(21)41-28(36)30(27)15-20(33)29-13-5-2-6-14-29/h3-4,7-12,21-23H,2,5-6,13-15H2,1H3/t21-,22?,23?/m1/s1. The first-order valence-electron chi connectivity index (χ1n) is 13.2. The predicted octanol–water partition coefficient (Wildman–Crippen LogP) is 3.63. The highest BCUT2D eigenvalue weighted by atomic mass is 32.2. The van der Waals surface area contributed by atoms with Gasteiger partial charge < -0.3 is 9.64 Å². The smallest absolute Gasteiger partial charge is 0.308 e. The second kappa shape index (κ2) is 10.8. The van der Waals surface area contributed by atoms with Crippen LogP contribution < -0.4 is 14.5 Å². The van der Waals surface area contributed by atoms with E-state index in [1.807, 2.05) is 12.1 Å². The van der Waals surface area contributed by atoms with E-state index in [9.17, 15) is 29.3 Å². The van der Waals surface area contributed by atoms with Crippen molar-refractivity contribution < 1.29 is 24.0 Å². The minimum Gasteiger partial charge on any atom is -0.496 e. The molecule has 11 nitrogen and oxygen atoms in total. The molecule has 3 aromatic rings. The number of benzene rings is 2. The molecule has 0 saturated carbocycles. The molecule has 2 fully saturated rings. The Kier molecular flexibility index (Phi) is 7.16. The molecule has 2 saturated heterocycles. The molecule has 6 rings (SSSR count). The van der Waals surface area contributed by atoms with Crippen LogP contribution in [0.5, 0.6) is 5.75 Å². The molecular formula is C28H26N4O7S2. The van der Waals surface area contributed by atoms with Crippen molar-refractivity contribution in [2.24, 2.45) is 5.92 Å². The highest BCUT2D eigenvalue weighted by Gasteiger charge is 2.57. The van der Waals surface area contributed by atoms with E-state index in [0.29, 0.717) is 34.3 Å². The van der Waals surface area contributed by atoms with Crippen LogP contribution in [0.15, 0.2) is 58.4 Å². The molecule has 13 heteroatoms. The minimum atomic E-state index is -0.870. The van der Waals surface area contributed by atoms with Crippen LogP contribution in [0.4, 0.5) is 11.4 Å². The number of nitrogens with zero attached hydrogens (tertiary/aromatic N) is 4. The minimum absolute atomic E-state index is 0.137. The van der Waals surface area contributed by atoms with Gasteiger partial charge in [0, 0.05) is 41.6 Å². The van der Waals surface area contributed by atoms with Crippen molar-refractivity contribution in [3.05, 3.63) is 78.8 Å². The molecule has 3 aliphatic rings. The highest BCUT2D eigenvalue weighted by Crippen LogP contribution is 2.55. The van der Waals surface area contributed by atoms with Gasteiger partial charge in [0.1, 0.15) is 17.5 Å². The summed E-state index contributed by atoms with van der Waals surface area (Å²) in [6.45, 7) is 1.17. The van der Waals surface area contributed by atoms with Gasteiger partial charge >= 0.3 is 4.87 Å². The molecule has 3 amide bonds. The van der Waals surface area contributed by atoms with Crippen LogP contribution in [0.2, 0.25) is 0 Å². The number of imide groups is 1. The van der Waals surface area contributed by atoms with Gasteiger partial charge in [0.25, 0.3) is 5.69 Å². The number of methoxy groups -OCH3 is 1. The van der Waals surface area contributed by atoms with Crippen molar-refractivity contribution in [2.75, 3.05) is 25.1 Å². The number of non-ortho nitro benzene ring substituents is 1. The number of carbonyl (C=O) groups is 3. The zero-order chi connectivity index (χ0) is 28.8. The number of rotatable bonds is 6. The number of piperidine rings is 1. The molecule has 0 bridgehead atoms. The predicted molar refractivity (Wildman–Crippen MR) is 153 cm³/mol. The molecule has 0 radical (unpaired) electrons. The topological polar surface area (TPSA) is 132 Å². The number of aromatic nitrogens is 1. The summed E-state index contributed by atoms with van der Waals surface area (Å²) in [6.07, 6.45) is 2.91. The fourth-order valence-electron chi connectivity index (χ4n) is 5.87. The number of fused-ring (bicyclic) bond motifs is 2. The third-order valence-electron chi connectivity index (χ3n) is 7.84. The second-order valence-corrected chi connectivity index (χ2v) is 12.3. The van der Waals surface area contributed by atoms with Crippen molar-refractivity contribution in [3.63, 3.8) is 0 Å². The lowest BCUT2D eigenvalue weighted by Crippen LogP contribution is -2.39. The van der Waals surface area contributed by atoms with Gasteiger partial charge in [-0.25, -0.2) is 4.90 Å². The largest absolute Gasteiger partial charge is 0.496 e. The fraction of sp³-hybridized carbons (Fsp3) is 0.357. The van der Waals surface area contributed by atoms with Crippen LogP contribution in [-0.4, -0.2) is 57.6 Å². The number of amides is 3. The van der Waals surface area contributed by atoms with Crippen molar-refractivity contribution in [2.45, 2.75) is 42.0 Å². The molecule has 3 atom stereocenters. The van der Waals surface area contributed by atoms with E-state index in [4.69, 9.17) is 4.74 Å². The SMILES string of the molecule is COc1ccccc1[C@H]1c2sc(=O)n(CC(=O)N3CCCCC3)c2SC2C(=O)N(c3ccc([N+](=O)[O-])cc3)C(=O)C21. The first-order valence-corrected chi connectivity index (χ1v) is 14.9. The first kappa shape index (κ1) is 27.2. The van der Waals surface area contributed by atoms with Gasteiger partial charge in [-0.05, 0) is 37.5 Å². The van der Waals surface area contributed by atoms with E-state index in [1.54, 1.807) is 17.0 Å². The summed E-state index contributed by atoms with van der Waals surface area (Å²) in [5, 5.41) is 10.8. The Morgan fingerprint density at radius 1 is 1.02 bits per heavy atom. The summed E-state index contributed by atoms with van der Waals surface area (Å²) >= 11 is 2.12. The molecule has 0 spiro atoms. The number of likely N-dealkylation sites (tertiary alicyclic amines) is 1. The van der Waals surface area contributed by atoms with Gasteiger partial charge in [-0.1, -0.05) is 41.3 Å².